The second-order valence-corrected chi connectivity index (χ2v) is 3.83. The molecule has 0 unspecified atom stereocenters. The molecular formula is C10H12F2N2O. The number of halogens is 2. The van der Waals surface area contributed by atoms with Crippen LogP contribution in [-0.4, -0.2) is 17.5 Å². The van der Waals surface area contributed by atoms with E-state index in [1.54, 1.807) is 18.3 Å². The quantitative estimate of drug-likeness (QED) is 0.838. The topological polar surface area (TPSA) is 48.1 Å². The van der Waals surface area contributed by atoms with E-state index in [9.17, 15) is 8.78 Å². The van der Waals surface area contributed by atoms with Crippen LogP contribution in [0.4, 0.5) is 14.6 Å². The van der Waals surface area contributed by atoms with Gasteiger partial charge in [0, 0.05) is 25.0 Å². The smallest absolute Gasteiger partial charge is 0.248 e. The van der Waals surface area contributed by atoms with Crippen molar-refractivity contribution in [3.63, 3.8) is 0 Å². The second kappa shape index (κ2) is 3.64. The van der Waals surface area contributed by atoms with Crippen LogP contribution in [0, 0.1) is 5.92 Å². The number of ether oxygens (including phenoxy) is 1. The fourth-order valence-electron chi connectivity index (χ4n) is 1.64. The number of nitrogens with two attached hydrogens (primary N) is 1. The van der Waals surface area contributed by atoms with Gasteiger partial charge in [0.15, 0.2) is 11.6 Å². The van der Waals surface area contributed by atoms with Crippen LogP contribution in [0.2, 0.25) is 0 Å². The summed E-state index contributed by atoms with van der Waals surface area (Å²) in [5, 5.41) is 0. The molecule has 2 N–H and O–H groups in total. The number of pyridine rings is 1. The van der Waals surface area contributed by atoms with Crippen molar-refractivity contribution in [2.45, 2.75) is 18.8 Å². The number of nitrogens with zero attached hydrogens (tertiary/aromatic N) is 1. The number of alkyl halides is 2. The second-order valence-electron chi connectivity index (χ2n) is 3.83. The Bertz CT molecular complexity index is 349. The van der Waals surface area contributed by atoms with Crippen molar-refractivity contribution in [1.29, 1.82) is 0 Å². The van der Waals surface area contributed by atoms with E-state index in [0.29, 0.717) is 11.6 Å². The minimum atomic E-state index is -2.49. The third kappa shape index (κ3) is 2.34. The third-order valence-corrected chi connectivity index (χ3v) is 2.45. The molecule has 15 heavy (non-hydrogen) atoms. The van der Waals surface area contributed by atoms with Crippen LogP contribution in [0.3, 0.4) is 0 Å². The van der Waals surface area contributed by atoms with Crippen LogP contribution in [0.5, 0.6) is 5.75 Å². The van der Waals surface area contributed by atoms with Gasteiger partial charge in [0.05, 0.1) is 6.61 Å². The minimum Gasteiger partial charge on any atom is -0.489 e. The number of aromatic nitrogens is 1. The Labute approximate surface area is 86.3 Å². The zero-order valence-electron chi connectivity index (χ0n) is 8.12. The van der Waals surface area contributed by atoms with Crippen molar-refractivity contribution in [1.82, 2.24) is 4.98 Å². The molecule has 0 amide bonds. The average molecular weight is 214 g/mol. The van der Waals surface area contributed by atoms with Gasteiger partial charge in [0.25, 0.3) is 0 Å². The van der Waals surface area contributed by atoms with Crippen LogP contribution < -0.4 is 10.5 Å². The first-order valence-corrected chi connectivity index (χ1v) is 4.78. The molecule has 1 aromatic rings. The summed E-state index contributed by atoms with van der Waals surface area (Å²) in [6.07, 6.45) is 1.38. The summed E-state index contributed by atoms with van der Waals surface area (Å²) in [5.41, 5.74) is 5.54. The van der Waals surface area contributed by atoms with E-state index in [1.165, 1.54) is 0 Å². The van der Waals surface area contributed by atoms with Gasteiger partial charge in [0.1, 0.15) is 0 Å². The van der Waals surface area contributed by atoms with Crippen molar-refractivity contribution < 1.29 is 13.5 Å². The standard InChI is InChI=1S/C10H12F2N2O/c11-10(12)4-7(5-10)6-15-8-2-1-3-14-9(8)13/h1-3,7H,4-6H2,(H2,13,14). The van der Waals surface area contributed by atoms with Gasteiger partial charge in [-0.25, -0.2) is 13.8 Å². The summed E-state index contributed by atoms with van der Waals surface area (Å²) < 4.78 is 30.3. The molecule has 1 saturated carbocycles. The van der Waals surface area contributed by atoms with Crippen LogP contribution in [0.15, 0.2) is 18.3 Å². The van der Waals surface area contributed by atoms with E-state index in [1.807, 2.05) is 0 Å². The van der Waals surface area contributed by atoms with E-state index in [2.05, 4.69) is 4.98 Å². The number of anilines is 1. The Morgan fingerprint density at radius 1 is 1.53 bits per heavy atom. The SMILES string of the molecule is Nc1ncccc1OCC1CC(F)(F)C1. The highest BCUT2D eigenvalue weighted by Crippen LogP contribution is 2.42. The molecule has 5 heteroatoms. The molecule has 0 aromatic carbocycles. The van der Waals surface area contributed by atoms with Gasteiger partial charge in [-0.3, -0.25) is 0 Å². The maximum Gasteiger partial charge on any atom is 0.248 e. The summed E-state index contributed by atoms with van der Waals surface area (Å²) in [5.74, 6) is -1.80. The Hall–Kier alpha value is -1.39. The molecule has 1 aliphatic carbocycles. The summed E-state index contributed by atoms with van der Waals surface area (Å²) in [6.45, 7) is 0.283. The first-order chi connectivity index (χ1) is 7.07. The van der Waals surface area contributed by atoms with E-state index in [0.717, 1.165) is 0 Å². The summed E-state index contributed by atoms with van der Waals surface area (Å²) in [7, 11) is 0. The summed E-state index contributed by atoms with van der Waals surface area (Å²) in [4.78, 5) is 3.83. The molecule has 1 fully saturated rings. The molecule has 0 saturated heterocycles. The lowest BCUT2D eigenvalue weighted by molar-refractivity contribution is -0.119. The molecular weight excluding hydrogens is 202 g/mol. The fourth-order valence-corrected chi connectivity index (χ4v) is 1.64. The van der Waals surface area contributed by atoms with Crippen molar-refractivity contribution in [2.24, 2.45) is 5.92 Å². The highest BCUT2D eigenvalue weighted by atomic mass is 19.3. The van der Waals surface area contributed by atoms with Gasteiger partial charge in [0.2, 0.25) is 5.92 Å². The van der Waals surface area contributed by atoms with Gasteiger partial charge in [-0.1, -0.05) is 0 Å². The first kappa shape index (κ1) is 10.1. The highest BCUT2D eigenvalue weighted by Gasteiger charge is 2.45. The van der Waals surface area contributed by atoms with Crippen LogP contribution in [-0.2, 0) is 0 Å². The molecule has 1 aliphatic rings. The fraction of sp³-hybridized carbons (Fsp3) is 0.500. The van der Waals surface area contributed by atoms with E-state index in [-0.39, 0.29) is 25.4 Å². The van der Waals surface area contributed by atoms with Crippen LogP contribution in [0.1, 0.15) is 12.8 Å². The zero-order chi connectivity index (χ0) is 10.9. The summed E-state index contributed by atoms with van der Waals surface area (Å²) in [6, 6.07) is 3.38. The largest absolute Gasteiger partial charge is 0.489 e. The summed E-state index contributed by atoms with van der Waals surface area (Å²) >= 11 is 0. The lowest BCUT2D eigenvalue weighted by Gasteiger charge is -2.34. The normalized spacial score (nSPS) is 19.6. The Morgan fingerprint density at radius 3 is 2.87 bits per heavy atom. The van der Waals surface area contributed by atoms with Gasteiger partial charge in [-0.2, -0.15) is 0 Å². The Balaban J connectivity index is 1.82. The molecule has 0 radical (unpaired) electrons. The number of rotatable bonds is 3. The molecule has 1 heterocycles. The van der Waals surface area contributed by atoms with Crippen LogP contribution >= 0.6 is 0 Å². The maximum absolute atomic E-state index is 12.5. The van der Waals surface area contributed by atoms with Gasteiger partial charge in [-0.05, 0) is 12.1 Å². The third-order valence-electron chi connectivity index (χ3n) is 2.45. The highest BCUT2D eigenvalue weighted by molar-refractivity contribution is 5.44. The lowest BCUT2D eigenvalue weighted by atomic mass is 9.82. The van der Waals surface area contributed by atoms with Crippen molar-refractivity contribution in [3.8, 4) is 5.75 Å². The number of hydrogen-bond donors (Lipinski definition) is 1. The molecule has 0 bridgehead atoms. The molecule has 0 spiro atoms. The molecule has 1 aromatic heterocycles. The minimum absolute atomic E-state index is 0.0698. The predicted molar refractivity (Wildman–Crippen MR) is 51.8 cm³/mol. The maximum atomic E-state index is 12.5. The first-order valence-electron chi connectivity index (χ1n) is 4.78. The molecule has 82 valence electrons. The van der Waals surface area contributed by atoms with Gasteiger partial charge in [-0.15, -0.1) is 0 Å². The molecule has 0 aliphatic heterocycles. The molecule has 2 rings (SSSR count). The van der Waals surface area contributed by atoms with E-state index < -0.39 is 5.92 Å². The van der Waals surface area contributed by atoms with E-state index >= 15 is 0 Å². The van der Waals surface area contributed by atoms with Gasteiger partial charge >= 0.3 is 0 Å². The average Bonchev–Trinajstić information content (AvgIpc) is 2.13. The molecule has 0 atom stereocenters. The lowest BCUT2D eigenvalue weighted by Crippen LogP contribution is -2.38. The Kier molecular flexibility index (Phi) is 2.46. The van der Waals surface area contributed by atoms with Crippen LogP contribution in [0.25, 0.3) is 0 Å². The zero-order valence-corrected chi connectivity index (χ0v) is 8.12. The van der Waals surface area contributed by atoms with E-state index in [4.69, 9.17) is 10.5 Å². The number of hydrogen-bond acceptors (Lipinski definition) is 3. The molecule has 3 nitrogen and oxygen atoms in total. The van der Waals surface area contributed by atoms with Gasteiger partial charge < -0.3 is 10.5 Å². The van der Waals surface area contributed by atoms with Crippen molar-refractivity contribution >= 4 is 5.82 Å². The van der Waals surface area contributed by atoms with Crippen molar-refractivity contribution in [3.05, 3.63) is 18.3 Å². The predicted octanol–water partition coefficient (Wildman–Crippen LogP) is 2.09. The van der Waals surface area contributed by atoms with Crippen molar-refractivity contribution in [2.75, 3.05) is 12.3 Å². The number of nitrogen functional groups attached to an aromatic ring is 1. The monoisotopic (exact) mass is 214 g/mol. The Morgan fingerprint density at radius 2 is 2.27 bits per heavy atom.